The molecule has 2 heterocycles. The van der Waals surface area contributed by atoms with Crippen LogP contribution in [0.3, 0.4) is 0 Å². The van der Waals surface area contributed by atoms with Crippen molar-refractivity contribution in [2.45, 2.75) is 20.0 Å². The van der Waals surface area contributed by atoms with Gasteiger partial charge < -0.3 is 9.72 Å². The molecule has 0 radical (unpaired) electrons. The number of H-pyrrole nitrogens is 1. The lowest BCUT2D eigenvalue weighted by Gasteiger charge is -2.16. The van der Waals surface area contributed by atoms with Crippen molar-refractivity contribution >= 4 is 10.9 Å². The molecule has 0 aliphatic carbocycles. The van der Waals surface area contributed by atoms with Crippen LogP contribution in [0.25, 0.3) is 10.9 Å². The molecule has 1 N–H and O–H groups in total. The lowest BCUT2D eigenvalue weighted by atomic mass is 10.1. The normalized spacial score (nSPS) is 11.1. The summed E-state index contributed by atoms with van der Waals surface area (Å²) >= 11 is 0. The summed E-state index contributed by atoms with van der Waals surface area (Å²) in [6.45, 7) is 3.72. The molecule has 0 bridgehead atoms. The minimum absolute atomic E-state index is 0.0716. The van der Waals surface area contributed by atoms with Crippen LogP contribution < -0.4 is 10.3 Å². The van der Waals surface area contributed by atoms with E-state index in [-0.39, 0.29) is 5.56 Å². The van der Waals surface area contributed by atoms with E-state index in [2.05, 4.69) is 15.0 Å². The summed E-state index contributed by atoms with van der Waals surface area (Å²) in [6, 6.07) is 7.60. The van der Waals surface area contributed by atoms with Crippen molar-refractivity contribution in [1.29, 1.82) is 0 Å². The predicted octanol–water partition coefficient (Wildman–Crippen LogP) is 2.35. The van der Waals surface area contributed by atoms with Crippen LogP contribution in [0.4, 0.5) is 0 Å². The standard InChI is InChI=1S/C18H20N4O2/c1-3-24-16-4-5-17-13(9-16)8-14(18(23)21-17)11-22(2)12-15-10-19-6-7-20-15/h4-10H,3,11-12H2,1-2H3,(H,21,23). The van der Waals surface area contributed by atoms with E-state index in [1.165, 1.54) is 0 Å². The number of ether oxygens (including phenoxy) is 1. The highest BCUT2D eigenvalue weighted by Gasteiger charge is 2.08. The van der Waals surface area contributed by atoms with Gasteiger partial charge in [0.15, 0.2) is 0 Å². The van der Waals surface area contributed by atoms with Gasteiger partial charge in [-0.05, 0) is 38.2 Å². The van der Waals surface area contributed by atoms with Gasteiger partial charge in [-0.15, -0.1) is 0 Å². The zero-order valence-corrected chi connectivity index (χ0v) is 13.8. The molecule has 0 atom stereocenters. The van der Waals surface area contributed by atoms with Gasteiger partial charge in [-0.25, -0.2) is 0 Å². The zero-order valence-electron chi connectivity index (χ0n) is 13.8. The first kappa shape index (κ1) is 16.1. The number of pyridine rings is 1. The number of nitrogens with zero attached hydrogens (tertiary/aromatic N) is 3. The van der Waals surface area contributed by atoms with E-state index in [1.807, 2.05) is 43.1 Å². The van der Waals surface area contributed by atoms with E-state index in [4.69, 9.17) is 4.74 Å². The van der Waals surface area contributed by atoms with Crippen LogP contribution in [0.2, 0.25) is 0 Å². The van der Waals surface area contributed by atoms with Gasteiger partial charge in [-0.2, -0.15) is 0 Å². The molecule has 0 aliphatic rings. The summed E-state index contributed by atoms with van der Waals surface area (Å²) in [5.74, 6) is 0.802. The molecule has 0 amide bonds. The Bertz CT molecular complexity index is 877. The summed E-state index contributed by atoms with van der Waals surface area (Å²) < 4.78 is 5.53. The number of aromatic nitrogens is 3. The number of benzene rings is 1. The molecule has 6 heteroatoms. The minimum atomic E-state index is -0.0716. The molecule has 1 aromatic carbocycles. The van der Waals surface area contributed by atoms with Gasteiger partial charge in [0.1, 0.15) is 5.75 Å². The topological polar surface area (TPSA) is 71.1 Å². The van der Waals surface area contributed by atoms with Gasteiger partial charge in [0.2, 0.25) is 0 Å². The number of nitrogens with one attached hydrogen (secondary N) is 1. The summed E-state index contributed by atoms with van der Waals surface area (Å²) in [6.07, 6.45) is 5.05. The van der Waals surface area contributed by atoms with E-state index >= 15 is 0 Å². The van der Waals surface area contributed by atoms with E-state index < -0.39 is 0 Å². The van der Waals surface area contributed by atoms with Gasteiger partial charge >= 0.3 is 0 Å². The Morgan fingerprint density at radius 3 is 2.83 bits per heavy atom. The summed E-state index contributed by atoms with van der Waals surface area (Å²) in [4.78, 5) is 25.6. The molecule has 0 saturated heterocycles. The van der Waals surface area contributed by atoms with Crippen molar-refractivity contribution in [2.75, 3.05) is 13.7 Å². The van der Waals surface area contributed by atoms with Crippen molar-refractivity contribution in [2.24, 2.45) is 0 Å². The van der Waals surface area contributed by atoms with Crippen LogP contribution in [0.5, 0.6) is 5.75 Å². The Hall–Kier alpha value is -2.73. The first-order chi connectivity index (χ1) is 11.7. The molecule has 0 unspecified atom stereocenters. The smallest absolute Gasteiger partial charge is 0.252 e. The highest BCUT2D eigenvalue weighted by Crippen LogP contribution is 2.19. The lowest BCUT2D eigenvalue weighted by molar-refractivity contribution is 0.313. The van der Waals surface area contributed by atoms with Crippen molar-refractivity contribution in [3.63, 3.8) is 0 Å². The van der Waals surface area contributed by atoms with Crippen LogP contribution in [-0.4, -0.2) is 33.5 Å². The second kappa shape index (κ2) is 7.23. The first-order valence-corrected chi connectivity index (χ1v) is 7.88. The molecule has 24 heavy (non-hydrogen) atoms. The maximum atomic E-state index is 12.3. The Labute approximate surface area is 140 Å². The third-order valence-electron chi connectivity index (χ3n) is 3.69. The molecule has 3 rings (SSSR count). The third-order valence-corrected chi connectivity index (χ3v) is 3.69. The average molecular weight is 324 g/mol. The molecule has 6 nitrogen and oxygen atoms in total. The van der Waals surface area contributed by atoms with Crippen LogP contribution in [-0.2, 0) is 13.1 Å². The number of rotatable bonds is 6. The van der Waals surface area contributed by atoms with Gasteiger partial charge in [0.05, 0.1) is 12.3 Å². The van der Waals surface area contributed by atoms with Gasteiger partial charge in [0, 0.05) is 48.1 Å². The molecule has 2 aromatic heterocycles. The third kappa shape index (κ3) is 3.78. The first-order valence-electron chi connectivity index (χ1n) is 7.88. The summed E-state index contributed by atoms with van der Waals surface area (Å²) in [5, 5.41) is 0.962. The highest BCUT2D eigenvalue weighted by molar-refractivity contribution is 5.80. The van der Waals surface area contributed by atoms with Crippen LogP contribution >= 0.6 is 0 Å². The molecule has 3 aromatic rings. The number of fused-ring (bicyclic) bond motifs is 1. The van der Waals surface area contributed by atoms with Gasteiger partial charge in [0.25, 0.3) is 5.56 Å². The Morgan fingerprint density at radius 1 is 1.21 bits per heavy atom. The van der Waals surface area contributed by atoms with Crippen LogP contribution in [0.15, 0.2) is 47.7 Å². The van der Waals surface area contributed by atoms with Crippen LogP contribution in [0.1, 0.15) is 18.2 Å². The maximum Gasteiger partial charge on any atom is 0.252 e. The average Bonchev–Trinajstić information content (AvgIpc) is 2.57. The second-order valence-electron chi connectivity index (χ2n) is 5.67. The van der Waals surface area contributed by atoms with Gasteiger partial charge in [-0.3, -0.25) is 19.7 Å². The van der Waals surface area contributed by atoms with Crippen molar-refractivity contribution in [1.82, 2.24) is 19.9 Å². The molecule has 124 valence electrons. The van der Waals surface area contributed by atoms with Crippen molar-refractivity contribution in [3.8, 4) is 5.75 Å². The number of hydrogen-bond donors (Lipinski definition) is 1. The minimum Gasteiger partial charge on any atom is -0.494 e. The molecule has 0 aliphatic heterocycles. The molecule has 0 saturated carbocycles. The quantitative estimate of drug-likeness (QED) is 0.753. The molecular weight excluding hydrogens is 304 g/mol. The van der Waals surface area contributed by atoms with E-state index in [9.17, 15) is 4.79 Å². The number of hydrogen-bond acceptors (Lipinski definition) is 5. The molecule has 0 spiro atoms. The Kier molecular flexibility index (Phi) is 4.86. The predicted molar refractivity (Wildman–Crippen MR) is 92.9 cm³/mol. The van der Waals surface area contributed by atoms with E-state index in [0.29, 0.717) is 25.3 Å². The van der Waals surface area contributed by atoms with E-state index in [1.54, 1.807) is 18.6 Å². The Balaban J connectivity index is 1.82. The zero-order chi connectivity index (χ0) is 16.9. The summed E-state index contributed by atoms with van der Waals surface area (Å²) in [5.41, 5.74) is 2.32. The van der Waals surface area contributed by atoms with Gasteiger partial charge in [-0.1, -0.05) is 0 Å². The largest absolute Gasteiger partial charge is 0.494 e. The Morgan fingerprint density at radius 2 is 2.08 bits per heavy atom. The SMILES string of the molecule is CCOc1ccc2[nH]c(=O)c(CN(C)Cc3cnccn3)cc2c1. The fourth-order valence-corrected chi connectivity index (χ4v) is 2.64. The maximum absolute atomic E-state index is 12.3. The summed E-state index contributed by atoms with van der Waals surface area (Å²) in [7, 11) is 1.95. The van der Waals surface area contributed by atoms with Crippen molar-refractivity contribution < 1.29 is 4.74 Å². The molecule has 0 fully saturated rings. The van der Waals surface area contributed by atoms with E-state index in [0.717, 1.165) is 22.3 Å². The monoisotopic (exact) mass is 324 g/mol. The highest BCUT2D eigenvalue weighted by atomic mass is 16.5. The molecular formula is C18H20N4O2. The fraction of sp³-hybridized carbons (Fsp3) is 0.278. The van der Waals surface area contributed by atoms with Crippen LogP contribution in [0, 0.1) is 0 Å². The fourth-order valence-electron chi connectivity index (χ4n) is 2.64. The lowest BCUT2D eigenvalue weighted by Crippen LogP contribution is -2.23. The van der Waals surface area contributed by atoms with Crippen molar-refractivity contribution in [3.05, 3.63) is 64.5 Å². The number of aromatic amines is 1. The second-order valence-corrected chi connectivity index (χ2v) is 5.67.